The van der Waals surface area contributed by atoms with Crippen molar-refractivity contribution in [2.45, 2.75) is 46.2 Å². The van der Waals surface area contributed by atoms with E-state index in [9.17, 15) is 4.79 Å². The highest BCUT2D eigenvalue weighted by molar-refractivity contribution is 5.77. The normalized spacial score (nSPS) is 12.3. The van der Waals surface area contributed by atoms with Gasteiger partial charge in [-0.2, -0.15) is 0 Å². The number of ether oxygens (including phenoxy) is 1. The first kappa shape index (κ1) is 16.5. The van der Waals surface area contributed by atoms with Crippen LogP contribution in [0.15, 0.2) is 18.2 Å². The smallest absolute Gasteiger partial charge is 0.260 e. The van der Waals surface area contributed by atoms with E-state index in [1.807, 2.05) is 45.9 Å². The van der Waals surface area contributed by atoms with Crippen molar-refractivity contribution >= 4 is 5.91 Å². The van der Waals surface area contributed by atoms with Crippen LogP contribution in [0.3, 0.4) is 0 Å². The lowest BCUT2D eigenvalue weighted by atomic mass is 10.0. The van der Waals surface area contributed by atoms with Gasteiger partial charge in [-0.05, 0) is 45.2 Å². The van der Waals surface area contributed by atoms with E-state index in [1.165, 1.54) is 0 Å². The highest BCUT2D eigenvalue weighted by Crippen LogP contribution is 2.24. The van der Waals surface area contributed by atoms with Crippen molar-refractivity contribution in [1.82, 2.24) is 4.90 Å². The fourth-order valence-electron chi connectivity index (χ4n) is 1.95. The van der Waals surface area contributed by atoms with E-state index < -0.39 is 0 Å². The van der Waals surface area contributed by atoms with Crippen molar-refractivity contribution in [3.05, 3.63) is 29.3 Å². The SMILES string of the molecule is Cc1cccc(CC(C)N)c1OCC(=O)N(C)C(C)C. The molecule has 0 radical (unpaired) electrons. The molecule has 0 aliphatic carbocycles. The third-order valence-corrected chi connectivity index (χ3v) is 3.34. The quantitative estimate of drug-likeness (QED) is 0.867. The maximum atomic E-state index is 12.0. The summed E-state index contributed by atoms with van der Waals surface area (Å²) >= 11 is 0. The summed E-state index contributed by atoms with van der Waals surface area (Å²) in [6.45, 7) is 7.96. The molecule has 2 N–H and O–H groups in total. The highest BCUT2D eigenvalue weighted by Gasteiger charge is 2.15. The Bertz CT molecular complexity index is 456. The van der Waals surface area contributed by atoms with Crippen molar-refractivity contribution in [2.24, 2.45) is 5.73 Å². The molecule has 1 aromatic rings. The first-order valence-corrected chi connectivity index (χ1v) is 7.05. The minimum absolute atomic E-state index is 0.0185. The molecule has 0 heterocycles. The summed E-state index contributed by atoms with van der Waals surface area (Å²) in [5, 5.41) is 0. The van der Waals surface area contributed by atoms with Gasteiger partial charge in [-0.15, -0.1) is 0 Å². The van der Waals surface area contributed by atoms with E-state index in [1.54, 1.807) is 11.9 Å². The number of likely N-dealkylation sites (N-methyl/N-ethyl adjacent to an activating group) is 1. The number of amides is 1. The number of nitrogens with zero attached hydrogens (tertiary/aromatic N) is 1. The van der Waals surface area contributed by atoms with Gasteiger partial charge in [-0.3, -0.25) is 4.79 Å². The molecule has 112 valence electrons. The number of aryl methyl sites for hydroxylation is 1. The summed E-state index contributed by atoms with van der Waals surface area (Å²) in [4.78, 5) is 13.7. The average molecular weight is 278 g/mol. The minimum Gasteiger partial charge on any atom is -0.483 e. The molecular formula is C16H26N2O2. The van der Waals surface area contributed by atoms with Crippen molar-refractivity contribution in [1.29, 1.82) is 0 Å². The van der Waals surface area contributed by atoms with Gasteiger partial charge in [0.2, 0.25) is 0 Å². The molecule has 4 heteroatoms. The number of para-hydroxylation sites is 1. The summed E-state index contributed by atoms with van der Waals surface area (Å²) in [7, 11) is 1.79. The number of rotatable bonds is 6. The summed E-state index contributed by atoms with van der Waals surface area (Å²) < 4.78 is 5.76. The molecule has 0 bridgehead atoms. The molecule has 0 aliphatic heterocycles. The minimum atomic E-state index is -0.0185. The molecule has 0 fully saturated rings. The van der Waals surface area contributed by atoms with Gasteiger partial charge in [0, 0.05) is 19.1 Å². The largest absolute Gasteiger partial charge is 0.483 e. The van der Waals surface area contributed by atoms with E-state index in [-0.39, 0.29) is 24.6 Å². The summed E-state index contributed by atoms with van der Waals surface area (Å²) in [5.41, 5.74) is 7.94. The Kier molecular flexibility index (Phi) is 6.02. The maximum absolute atomic E-state index is 12.0. The number of hydrogen-bond acceptors (Lipinski definition) is 3. The van der Waals surface area contributed by atoms with Crippen LogP contribution >= 0.6 is 0 Å². The second kappa shape index (κ2) is 7.29. The fraction of sp³-hybridized carbons (Fsp3) is 0.562. The second-order valence-electron chi connectivity index (χ2n) is 5.63. The van der Waals surface area contributed by atoms with Gasteiger partial charge >= 0.3 is 0 Å². The van der Waals surface area contributed by atoms with E-state index in [2.05, 4.69) is 0 Å². The molecule has 1 rings (SSSR count). The monoisotopic (exact) mass is 278 g/mol. The van der Waals surface area contributed by atoms with E-state index >= 15 is 0 Å². The maximum Gasteiger partial charge on any atom is 0.260 e. The van der Waals surface area contributed by atoms with Crippen molar-refractivity contribution in [3.63, 3.8) is 0 Å². The Morgan fingerprint density at radius 3 is 2.55 bits per heavy atom. The van der Waals surface area contributed by atoms with Crippen molar-refractivity contribution in [2.75, 3.05) is 13.7 Å². The molecule has 1 aromatic carbocycles. The number of benzene rings is 1. The van der Waals surface area contributed by atoms with Crippen LogP contribution in [0, 0.1) is 6.92 Å². The van der Waals surface area contributed by atoms with Crippen LogP contribution in [-0.4, -0.2) is 36.5 Å². The third kappa shape index (κ3) is 4.53. The molecular weight excluding hydrogens is 252 g/mol. The van der Waals surface area contributed by atoms with Crippen LogP contribution in [0.1, 0.15) is 31.9 Å². The zero-order valence-corrected chi connectivity index (χ0v) is 13.1. The van der Waals surface area contributed by atoms with Crippen molar-refractivity contribution < 1.29 is 9.53 Å². The van der Waals surface area contributed by atoms with Gasteiger partial charge in [-0.25, -0.2) is 0 Å². The highest BCUT2D eigenvalue weighted by atomic mass is 16.5. The number of nitrogens with two attached hydrogens (primary N) is 1. The van der Waals surface area contributed by atoms with Crippen LogP contribution in [0.4, 0.5) is 0 Å². The molecule has 0 aromatic heterocycles. The molecule has 4 nitrogen and oxygen atoms in total. The van der Waals surface area contributed by atoms with Gasteiger partial charge in [0.15, 0.2) is 6.61 Å². The molecule has 20 heavy (non-hydrogen) atoms. The van der Waals surface area contributed by atoms with Crippen LogP contribution in [-0.2, 0) is 11.2 Å². The van der Waals surface area contributed by atoms with Gasteiger partial charge in [-0.1, -0.05) is 18.2 Å². The van der Waals surface area contributed by atoms with E-state index in [4.69, 9.17) is 10.5 Å². The fourth-order valence-corrected chi connectivity index (χ4v) is 1.95. The lowest BCUT2D eigenvalue weighted by molar-refractivity contribution is -0.133. The van der Waals surface area contributed by atoms with E-state index in [0.717, 1.165) is 23.3 Å². The Morgan fingerprint density at radius 1 is 1.35 bits per heavy atom. The van der Waals surface area contributed by atoms with Crippen molar-refractivity contribution in [3.8, 4) is 5.75 Å². The van der Waals surface area contributed by atoms with Gasteiger partial charge in [0.1, 0.15) is 5.75 Å². The average Bonchev–Trinajstić information content (AvgIpc) is 2.36. The molecule has 1 unspecified atom stereocenters. The second-order valence-corrected chi connectivity index (χ2v) is 5.63. The Balaban J connectivity index is 2.79. The number of carbonyl (C=O) groups excluding carboxylic acids is 1. The molecule has 0 saturated carbocycles. The lowest BCUT2D eigenvalue weighted by Gasteiger charge is -2.22. The predicted octanol–water partition coefficient (Wildman–Crippen LogP) is 2.13. The molecule has 0 spiro atoms. The summed E-state index contributed by atoms with van der Waals surface area (Å²) in [6, 6.07) is 6.21. The zero-order chi connectivity index (χ0) is 15.3. The Labute approximate surface area is 121 Å². The number of carbonyl (C=O) groups is 1. The molecule has 1 atom stereocenters. The van der Waals surface area contributed by atoms with Crippen LogP contribution < -0.4 is 10.5 Å². The Hall–Kier alpha value is -1.55. The first-order valence-electron chi connectivity index (χ1n) is 7.05. The van der Waals surface area contributed by atoms with Crippen LogP contribution in [0.25, 0.3) is 0 Å². The standard InChI is InChI=1S/C16H26N2O2/c1-11(2)18(5)15(19)10-20-16-12(3)7-6-8-14(16)9-13(4)17/h6-8,11,13H,9-10,17H2,1-5H3. The van der Waals surface area contributed by atoms with Gasteiger partial charge < -0.3 is 15.4 Å². The van der Waals surface area contributed by atoms with Gasteiger partial charge in [0.25, 0.3) is 5.91 Å². The number of hydrogen-bond donors (Lipinski definition) is 1. The topological polar surface area (TPSA) is 55.6 Å². The molecule has 1 amide bonds. The molecule has 0 aliphatic rings. The molecule has 0 saturated heterocycles. The zero-order valence-electron chi connectivity index (χ0n) is 13.1. The van der Waals surface area contributed by atoms with E-state index in [0.29, 0.717) is 0 Å². The summed E-state index contributed by atoms with van der Waals surface area (Å²) in [5.74, 6) is 0.769. The predicted molar refractivity (Wildman–Crippen MR) is 81.9 cm³/mol. The first-order chi connectivity index (χ1) is 9.32. The summed E-state index contributed by atoms with van der Waals surface area (Å²) in [6.07, 6.45) is 0.741. The van der Waals surface area contributed by atoms with Crippen LogP contribution in [0.5, 0.6) is 5.75 Å². The third-order valence-electron chi connectivity index (χ3n) is 3.34. The Morgan fingerprint density at radius 2 is 2.00 bits per heavy atom. The van der Waals surface area contributed by atoms with Crippen LogP contribution in [0.2, 0.25) is 0 Å². The van der Waals surface area contributed by atoms with Gasteiger partial charge in [0.05, 0.1) is 0 Å². The lowest BCUT2D eigenvalue weighted by Crippen LogP contribution is -2.36.